The van der Waals surface area contributed by atoms with Crippen molar-refractivity contribution in [2.75, 3.05) is 11.9 Å². The van der Waals surface area contributed by atoms with Crippen LogP contribution < -0.4 is 5.32 Å². The minimum absolute atomic E-state index is 0.370. The highest BCUT2D eigenvalue weighted by atomic mass is 35.5. The van der Waals surface area contributed by atoms with Crippen molar-refractivity contribution in [2.45, 2.75) is 0 Å². The number of nitriles is 1. The summed E-state index contributed by atoms with van der Waals surface area (Å²) >= 11 is 5.82. The van der Waals surface area contributed by atoms with Crippen LogP contribution in [0.4, 0.5) is 5.69 Å². The standard InChI is InChI=1S/C11H9ClN2O2/c12-10-6-9(4-3-8(10)7-13)14-5-1-2-11(15)16/h1-4,6,14H,5H2,(H,15,16)/b2-1+. The van der Waals surface area contributed by atoms with Crippen LogP contribution in [0.25, 0.3) is 0 Å². The van der Waals surface area contributed by atoms with Crippen LogP contribution >= 0.6 is 11.6 Å². The zero-order valence-corrected chi connectivity index (χ0v) is 9.03. The molecule has 0 aromatic heterocycles. The van der Waals surface area contributed by atoms with Gasteiger partial charge in [0.2, 0.25) is 0 Å². The van der Waals surface area contributed by atoms with Crippen molar-refractivity contribution in [2.24, 2.45) is 0 Å². The molecule has 0 fully saturated rings. The Hall–Kier alpha value is -1.99. The molecule has 0 heterocycles. The summed E-state index contributed by atoms with van der Waals surface area (Å²) in [7, 11) is 0. The highest BCUT2D eigenvalue weighted by Crippen LogP contribution is 2.19. The van der Waals surface area contributed by atoms with Crippen LogP contribution in [0.2, 0.25) is 5.02 Å². The molecule has 0 aliphatic rings. The molecule has 1 aromatic carbocycles. The van der Waals surface area contributed by atoms with Crippen LogP contribution in [0.3, 0.4) is 0 Å². The number of anilines is 1. The van der Waals surface area contributed by atoms with Crippen LogP contribution in [0.1, 0.15) is 5.56 Å². The SMILES string of the molecule is N#Cc1ccc(NC/C=C/C(=O)O)cc1Cl. The maximum Gasteiger partial charge on any atom is 0.328 e. The molecule has 0 atom stereocenters. The minimum Gasteiger partial charge on any atom is -0.478 e. The number of hydrogen-bond acceptors (Lipinski definition) is 3. The van der Waals surface area contributed by atoms with Gasteiger partial charge in [-0.25, -0.2) is 4.79 Å². The van der Waals surface area contributed by atoms with Gasteiger partial charge in [-0.3, -0.25) is 0 Å². The van der Waals surface area contributed by atoms with E-state index in [0.717, 1.165) is 11.8 Å². The molecule has 0 saturated carbocycles. The smallest absolute Gasteiger partial charge is 0.328 e. The summed E-state index contributed by atoms with van der Waals surface area (Å²) < 4.78 is 0. The third-order valence-corrected chi connectivity index (χ3v) is 2.09. The second-order valence-electron chi connectivity index (χ2n) is 2.93. The molecule has 0 amide bonds. The average molecular weight is 237 g/mol. The molecule has 4 nitrogen and oxygen atoms in total. The van der Waals surface area contributed by atoms with E-state index >= 15 is 0 Å². The lowest BCUT2D eigenvalue weighted by molar-refractivity contribution is -0.131. The van der Waals surface area contributed by atoms with Crippen LogP contribution in [0.5, 0.6) is 0 Å². The van der Waals surface area contributed by atoms with E-state index in [1.165, 1.54) is 6.08 Å². The Kier molecular flexibility index (Phi) is 4.37. The molecule has 0 aliphatic heterocycles. The van der Waals surface area contributed by atoms with Gasteiger partial charge in [0, 0.05) is 18.3 Å². The van der Waals surface area contributed by atoms with Gasteiger partial charge in [0.25, 0.3) is 0 Å². The fourth-order valence-electron chi connectivity index (χ4n) is 1.05. The van der Waals surface area contributed by atoms with Gasteiger partial charge in [-0.1, -0.05) is 17.7 Å². The Bertz CT molecular complexity index is 464. The van der Waals surface area contributed by atoms with Crippen molar-refractivity contribution in [3.63, 3.8) is 0 Å². The lowest BCUT2D eigenvalue weighted by Crippen LogP contribution is -1.99. The van der Waals surface area contributed by atoms with Crippen molar-refractivity contribution < 1.29 is 9.90 Å². The molecule has 0 radical (unpaired) electrons. The molecule has 5 heteroatoms. The number of aliphatic carboxylic acids is 1. The summed E-state index contributed by atoms with van der Waals surface area (Å²) in [6, 6.07) is 6.88. The second kappa shape index (κ2) is 5.79. The zero-order chi connectivity index (χ0) is 12.0. The first-order valence-corrected chi connectivity index (χ1v) is 4.84. The molecular formula is C11H9ClN2O2. The third-order valence-electron chi connectivity index (χ3n) is 1.77. The van der Waals surface area contributed by atoms with Crippen molar-refractivity contribution in [3.05, 3.63) is 40.9 Å². The van der Waals surface area contributed by atoms with Gasteiger partial charge < -0.3 is 10.4 Å². The van der Waals surface area contributed by atoms with E-state index in [1.807, 2.05) is 6.07 Å². The molecule has 16 heavy (non-hydrogen) atoms. The van der Waals surface area contributed by atoms with E-state index in [2.05, 4.69) is 5.32 Å². The predicted molar refractivity (Wildman–Crippen MR) is 61.4 cm³/mol. The van der Waals surface area contributed by atoms with Gasteiger partial charge in [0.1, 0.15) is 6.07 Å². The van der Waals surface area contributed by atoms with Gasteiger partial charge in [-0.05, 0) is 18.2 Å². The summed E-state index contributed by atoms with van der Waals surface area (Å²) in [4.78, 5) is 10.2. The van der Waals surface area contributed by atoms with E-state index in [1.54, 1.807) is 18.2 Å². The quantitative estimate of drug-likeness (QED) is 0.787. The van der Waals surface area contributed by atoms with Crippen molar-refractivity contribution in [3.8, 4) is 6.07 Å². The first-order chi connectivity index (χ1) is 7.63. The summed E-state index contributed by atoms with van der Waals surface area (Å²) in [6.45, 7) is 0.383. The Morgan fingerprint density at radius 1 is 1.62 bits per heavy atom. The van der Waals surface area contributed by atoms with Gasteiger partial charge in [0.05, 0.1) is 10.6 Å². The molecule has 1 rings (SSSR count). The Labute approximate surface area is 97.8 Å². The fraction of sp³-hybridized carbons (Fsp3) is 0.0909. The number of carboxylic acids is 1. The monoisotopic (exact) mass is 236 g/mol. The van der Waals surface area contributed by atoms with Crippen molar-refractivity contribution in [1.29, 1.82) is 5.26 Å². The van der Waals surface area contributed by atoms with Crippen molar-refractivity contribution >= 4 is 23.3 Å². The number of hydrogen-bond donors (Lipinski definition) is 2. The molecule has 1 aromatic rings. The van der Waals surface area contributed by atoms with Gasteiger partial charge >= 0.3 is 5.97 Å². The number of carboxylic acid groups (broad SMARTS) is 1. The number of nitrogens with one attached hydrogen (secondary N) is 1. The van der Waals surface area contributed by atoms with Crippen LogP contribution in [-0.2, 0) is 4.79 Å². The molecule has 2 N–H and O–H groups in total. The van der Waals surface area contributed by atoms with E-state index < -0.39 is 5.97 Å². The van der Waals surface area contributed by atoms with E-state index in [-0.39, 0.29) is 0 Å². The van der Waals surface area contributed by atoms with Gasteiger partial charge in [-0.2, -0.15) is 5.26 Å². The summed E-state index contributed by atoms with van der Waals surface area (Å²) in [5.74, 6) is -0.986. The molecule has 0 bridgehead atoms. The van der Waals surface area contributed by atoms with E-state index in [4.69, 9.17) is 22.0 Å². The fourth-order valence-corrected chi connectivity index (χ4v) is 1.28. The zero-order valence-electron chi connectivity index (χ0n) is 8.27. The predicted octanol–water partition coefficient (Wildman–Crippen LogP) is 2.26. The average Bonchev–Trinajstić information content (AvgIpc) is 2.24. The summed E-state index contributed by atoms with van der Waals surface area (Å²) in [5.41, 5.74) is 1.15. The highest BCUT2D eigenvalue weighted by molar-refractivity contribution is 6.32. The molecule has 82 valence electrons. The van der Waals surface area contributed by atoms with Crippen LogP contribution in [0.15, 0.2) is 30.4 Å². The molecule has 0 spiro atoms. The van der Waals surface area contributed by atoms with Crippen LogP contribution in [0, 0.1) is 11.3 Å². The first-order valence-electron chi connectivity index (χ1n) is 4.46. The number of nitrogens with zero attached hydrogens (tertiary/aromatic N) is 1. The Morgan fingerprint density at radius 2 is 2.38 bits per heavy atom. The normalized spacial score (nSPS) is 10.0. The largest absolute Gasteiger partial charge is 0.478 e. The maximum absolute atomic E-state index is 10.2. The number of rotatable bonds is 4. The highest BCUT2D eigenvalue weighted by Gasteiger charge is 1.99. The summed E-state index contributed by atoms with van der Waals surface area (Å²) in [5, 5.41) is 20.3. The topological polar surface area (TPSA) is 73.1 Å². The molecule has 0 saturated heterocycles. The number of halogens is 1. The lowest BCUT2D eigenvalue weighted by Gasteiger charge is -2.03. The van der Waals surface area contributed by atoms with E-state index in [0.29, 0.717) is 17.1 Å². The summed E-state index contributed by atoms with van der Waals surface area (Å²) in [6.07, 6.45) is 2.53. The van der Waals surface area contributed by atoms with E-state index in [9.17, 15) is 4.79 Å². The molecular weight excluding hydrogens is 228 g/mol. The van der Waals surface area contributed by atoms with Crippen molar-refractivity contribution in [1.82, 2.24) is 0 Å². The van der Waals surface area contributed by atoms with Gasteiger partial charge in [-0.15, -0.1) is 0 Å². The maximum atomic E-state index is 10.2. The lowest BCUT2D eigenvalue weighted by atomic mass is 10.2. The second-order valence-corrected chi connectivity index (χ2v) is 3.34. The number of carbonyl (C=O) groups is 1. The van der Waals surface area contributed by atoms with Crippen LogP contribution in [-0.4, -0.2) is 17.6 Å². The number of benzene rings is 1. The Morgan fingerprint density at radius 3 is 2.94 bits per heavy atom. The molecule has 0 unspecified atom stereocenters. The molecule has 0 aliphatic carbocycles. The first kappa shape index (κ1) is 12.1. The Balaban J connectivity index is 2.59. The third kappa shape index (κ3) is 3.64. The van der Waals surface area contributed by atoms with Gasteiger partial charge in [0.15, 0.2) is 0 Å². The minimum atomic E-state index is -0.986.